The van der Waals surface area contributed by atoms with E-state index in [-0.39, 0.29) is 12.1 Å². The highest BCUT2D eigenvalue weighted by Crippen LogP contribution is 2.27. The molecule has 0 aliphatic heterocycles. The smallest absolute Gasteiger partial charge is 0.0431 e. The van der Waals surface area contributed by atoms with Gasteiger partial charge in [-0.05, 0) is 49.1 Å². The van der Waals surface area contributed by atoms with Crippen LogP contribution in [0.4, 0.5) is 0 Å². The van der Waals surface area contributed by atoms with Crippen molar-refractivity contribution in [2.75, 3.05) is 6.61 Å². The molecule has 0 aliphatic carbocycles. The van der Waals surface area contributed by atoms with Gasteiger partial charge in [-0.25, -0.2) is 0 Å². The molecule has 0 aromatic heterocycles. The number of aliphatic hydroxyl groups is 1. The normalized spacial score (nSPS) is 14.7. The Bertz CT molecular complexity index is 546. The summed E-state index contributed by atoms with van der Waals surface area (Å²) < 4.78 is 0. The van der Waals surface area contributed by atoms with Crippen LogP contribution in [0.2, 0.25) is 0 Å². The van der Waals surface area contributed by atoms with E-state index in [2.05, 4.69) is 43.3 Å². The van der Waals surface area contributed by atoms with Crippen molar-refractivity contribution in [1.29, 1.82) is 0 Å². The summed E-state index contributed by atoms with van der Waals surface area (Å²) in [6.45, 7) is 4.32. The third-order valence-electron chi connectivity index (χ3n) is 3.51. The molecule has 18 heavy (non-hydrogen) atoms. The van der Waals surface area contributed by atoms with Gasteiger partial charge in [-0.1, -0.05) is 35.9 Å². The zero-order valence-electron chi connectivity index (χ0n) is 11.1. The van der Waals surface area contributed by atoms with Crippen molar-refractivity contribution in [3.63, 3.8) is 0 Å². The van der Waals surface area contributed by atoms with Crippen LogP contribution in [0, 0.1) is 6.92 Å². The average molecular weight is 243 g/mol. The van der Waals surface area contributed by atoms with Crippen LogP contribution < -0.4 is 5.73 Å². The van der Waals surface area contributed by atoms with E-state index in [1.807, 2.05) is 6.92 Å². The van der Waals surface area contributed by atoms with Crippen molar-refractivity contribution in [3.05, 3.63) is 47.5 Å². The fourth-order valence-electron chi connectivity index (χ4n) is 2.31. The van der Waals surface area contributed by atoms with Gasteiger partial charge in [0.25, 0.3) is 0 Å². The number of rotatable bonds is 4. The number of hydrogen-bond acceptors (Lipinski definition) is 2. The monoisotopic (exact) mass is 243 g/mol. The summed E-state index contributed by atoms with van der Waals surface area (Å²) in [5.74, 6) is 0. The Morgan fingerprint density at radius 1 is 1.11 bits per heavy atom. The highest BCUT2D eigenvalue weighted by Gasteiger charge is 2.20. The van der Waals surface area contributed by atoms with E-state index in [0.717, 1.165) is 18.4 Å². The molecule has 0 aliphatic rings. The standard InChI is InChI=1S/C16H21NO/c1-12-4-5-14-11-15(7-6-13(14)10-12)16(2,17)8-3-9-18/h4-7,10-11,18H,3,8-9,17H2,1-2H3. The van der Waals surface area contributed by atoms with Crippen molar-refractivity contribution in [2.45, 2.75) is 32.2 Å². The van der Waals surface area contributed by atoms with Gasteiger partial charge in [0, 0.05) is 12.1 Å². The molecule has 0 saturated carbocycles. The summed E-state index contributed by atoms with van der Waals surface area (Å²) in [7, 11) is 0. The van der Waals surface area contributed by atoms with E-state index >= 15 is 0 Å². The minimum atomic E-state index is -0.373. The van der Waals surface area contributed by atoms with Crippen LogP contribution in [-0.4, -0.2) is 11.7 Å². The number of aliphatic hydroxyl groups excluding tert-OH is 1. The maximum absolute atomic E-state index is 8.92. The van der Waals surface area contributed by atoms with Gasteiger partial charge in [0.2, 0.25) is 0 Å². The fourth-order valence-corrected chi connectivity index (χ4v) is 2.31. The van der Waals surface area contributed by atoms with Crippen LogP contribution in [0.25, 0.3) is 10.8 Å². The third kappa shape index (κ3) is 2.71. The summed E-state index contributed by atoms with van der Waals surface area (Å²) in [5, 5.41) is 11.4. The molecule has 2 rings (SSSR count). The predicted molar refractivity (Wildman–Crippen MR) is 76.5 cm³/mol. The van der Waals surface area contributed by atoms with E-state index in [1.165, 1.54) is 16.3 Å². The summed E-state index contributed by atoms with van der Waals surface area (Å²) >= 11 is 0. The van der Waals surface area contributed by atoms with Crippen LogP contribution in [0.15, 0.2) is 36.4 Å². The second-order valence-corrected chi connectivity index (χ2v) is 5.31. The maximum atomic E-state index is 8.92. The van der Waals surface area contributed by atoms with Gasteiger partial charge >= 0.3 is 0 Å². The van der Waals surface area contributed by atoms with E-state index in [9.17, 15) is 0 Å². The minimum absolute atomic E-state index is 0.194. The molecule has 0 heterocycles. The van der Waals surface area contributed by atoms with Crippen molar-refractivity contribution in [1.82, 2.24) is 0 Å². The first-order valence-electron chi connectivity index (χ1n) is 6.43. The summed E-state index contributed by atoms with van der Waals surface area (Å²) in [4.78, 5) is 0. The molecule has 2 nitrogen and oxygen atoms in total. The van der Waals surface area contributed by atoms with Crippen molar-refractivity contribution in [2.24, 2.45) is 5.73 Å². The highest BCUT2D eigenvalue weighted by atomic mass is 16.2. The Morgan fingerprint density at radius 3 is 2.50 bits per heavy atom. The molecule has 0 spiro atoms. The lowest BCUT2D eigenvalue weighted by atomic mass is 9.87. The Balaban J connectivity index is 2.37. The first kappa shape index (κ1) is 13.1. The molecule has 0 radical (unpaired) electrons. The Hall–Kier alpha value is -1.38. The van der Waals surface area contributed by atoms with E-state index in [4.69, 9.17) is 10.8 Å². The van der Waals surface area contributed by atoms with Crippen LogP contribution >= 0.6 is 0 Å². The van der Waals surface area contributed by atoms with Gasteiger partial charge in [0.1, 0.15) is 0 Å². The zero-order chi connectivity index (χ0) is 13.2. The van der Waals surface area contributed by atoms with Crippen molar-refractivity contribution < 1.29 is 5.11 Å². The molecule has 1 unspecified atom stereocenters. The van der Waals surface area contributed by atoms with Crippen LogP contribution in [0.3, 0.4) is 0 Å². The Morgan fingerprint density at radius 2 is 1.78 bits per heavy atom. The quantitative estimate of drug-likeness (QED) is 0.866. The molecule has 0 amide bonds. The van der Waals surface area contributed by atoms with Gasteiger partial charge in [0.15, 0.2) is 0 Å². The maximum Gasteiger partial charge on any atom is 0.0431 e. The van der Waals surface area contributed by atoms with Gasteiger partial charge in [-0.15, -0.1) is 0 Å². The first-order valence-corrected chi connectivity index (χ1v) is 6.43. The van der Waals surface area contributed by atoms with E-state index < -0.39 is 0 Å². The van der Waals surface area contributed by atoms with E-state index in [0.29, 0.717) is 0 Å². The molecule has 1 atom stereocenters. The lowest BCUT2D eigenvalue weighted by molar-refractivity contribution is 0.266. The van der Waals surface area contributed by atoms with Gasteiger partial charge in [-0.2, -0.15) is 0 Å². The Labute approximate surface area is 108 Å². The molecule has 2 aromatic carbocycles. The molecule has 0 bridgehead atoms. The van der Waals surface area contributed by atoms with Gasteiger partial charge in [0.05, 0.1) is 0 Å². The zero-order valence-corrected chi connectivity index (χ0v) is 11.1. The van der Waals surface area contributed by atoms with Gasteiger partial charge < -0.3 is 10.8 Å². The largest absolute Gasteiger partial charge is 0.396 e. The molecule has 2 aromatic rings. The number of aryl methyl sites for hydroxylation is 1. The van der Waals surface area contributed by atoms with Crippen molar-refractivity contribution in [3.8, 4) is 0 Å². The highest BCUT2D eigenvalue weighted by molar-refractivity contribution is 5.84. The SMILES string of the molecule is Cc1ccc2cc(C(C)(N)CCCO)ccc2c1. The van der Waals surface area contributed by atoms with Crippen molar-refractivity contribution >= 4 is 10.8 Å². The van der Waals surface area contributed by atoms with Gasteiger partial charge in [-0.3, -0.25) is 0 Å². The predicted octanol–water partition coefficient (Wildman–Crippen LogP) is 3.09. The van der Waals surface area contributed by atoms with Crippen LogP contribution in [-0.2, 0) is 5.54 Å². The molecule has 2 heteroatoms. The average Bonchev–Trinajstić information content (AvgIpc) is 2.35. The summed E-state index contributed by atoms with van der Waals surface area (Å²) in [6.07, 6.45) is 1.53. The van der Waals surface area contributed by atoms with Crippen LogP contribution in [0.5, 0.6) is 0 Å². The minimum Gasteiger partial charge on any atom is -0.396 e. The second-order valence-electron chi connectivity index (χ2n) is 5.31. The lowest BCUT2D eigenvalue weighted by Crippen LogP contribution is -2.33. The number of nitrogens with two attached hydrogens (primary N) is 1. The number of benzene rings is 2. The van der Waals surface area contributed by atoms with Crippen LogP contribution in [0.1, 0.15) is 30.9 Å². The summed E-state index contributed by atoms with van der Waals surface area (Å²) in [5.41, 5.74) is 8.36. The second kappa shape index (κ2) is 5.09. The third-order valence-corrected chi connectivity index (χ3v) is 3.51. The summed E-state index contributed by atoms with van der Waals surface area (Å²) in [6, 6.07) is 12.8. The first-order chi connectivity index (χ1) is 8.53. The molecular formula is C16H21NO. The molecule has 96 valence electrons. The molecule has 0 saturated heterocycles. The number of fused-ring (bicyclic) bond motifs is 1. The number of hydrogen-bond donors (Lipinski definition) is 2. The fraction of sp³-hybridized carbons (Fsp3) is 0.375. The lowest BCUT2D eigenvalue weighted by Gasteiger charge is -2.25. The molecule has 0 fully saturated rings. The Kier molecular flexibility index (Phi) is 3.69. The topological polar surface area (TPSA) is 46.2 Å². The van der Waals surface area contributed by atoms with E-state index in [1.54, 1.807) is 0 Å². The molecule has 3 N–H and O–H groups in total. The molecular weight excluding hydrogens is 222 g/mol.